The van der Waals surface area contributed by atoms with Crippen molar-refractivity contribution in [3.8, 4) is 11.3 Å². The van der Waals surface area contributed by atoms with E-state index in [0.29, 0.717) is 5.69 Å². The maximum absolute atomic E-state index is 13.4. The van der Waals surface area contributed by atoms with E-state index in [2.05, 4.69) is 9.97 Å². The Kier molecular flexibility index (Phi) is 2.79. The lowest BCUT2D eigenvalue weighted by molar-refractivity contribution is 0.393. The smallest absolute Gasteiger partial charge is 0.252 e. The van der Waals surface area contributed by atoms with Crippen molar-refractivity contribution in [2.75, 3.05) is 0 Å². The maximum Gasteiger partial charge on any atom is 0.252 e. The fraction of sp³-hybridized carbons (Fsp3) is 0.0909. The van der Waals surface area contributed by atoms with Crippen LogP contribution in [0.25, 0.3) is 11.3 Å². The minimum atomic E-state index is -1.92. The molecule has 0 fully saturated rings. The van der Waals surface area contributed by atoms with Gasteiger partial charge in [-0.25, -0.2) is 13.8 Å². The summed E-state index contributed by atoms with van der Waals surface area (Å²) in [5.41, 5.74) is 0.0774. The van der Waals surface area contributed by atoms with E-state index in [1.54, 1.807) is 6.92 Å². The summed E-state index contributed by atoms with van der Waals surface area (Å²) >= 11 is 0. The Balaban J connectivity index is 2.68. The minimum Gasteiger partial charge on any atom is -0.262 e. The van der Waals surface area contributed by atoms with Gasteiger partial charge < -0.3 is 0 Å². The highest BCUT2D eigenvalue weighted by atomic mass is 19.2. The fourth-order valence-corrected chi connectivity index (χ4v) is 1.37. The summed E-state index contributed by atoms with van der Waals surface area (Å²) < 4.78 is 52.0. The van der Waals surface area contributed by atoms with Gasteiger partial charge in [0.15, 0.2) is 5.82 Å². The molecule has 17 heavy (non-hydrogen) atoms. The van der Waals surface area contributed by atoms with Gasteiger partial charge in [-0.2, -0.15) is 8.78 Å². The van der Waals surface area contributed by atoms with Gasteiger partial charge in [0, 0.05) is 17.5 Å². The first-order valence-corrected chi connectivity index (χ1v) is 4.63. The SMILES string of the molecule is Cc1cc(-c2nc(F)c(F)c(F)c2F)ccn1. The van der Waals surface area contributed by atoms with Crippen molar-refractivity contribution in [3.63, 3.8) is 0 Å². The van der Waals surface area contributed by atoms with Crippen molar-refractivity contribution in [2.24, 2.45) is 0 Å². The van der Waals surface area contributed by atoms with Crippen LogP contribution in [0.4, 0.5) is 17.6 Å². The molecule has 0 radical (unpaired) electrons. The molecule has 0 aliphatic rings. The first kappa shape index (κ1) is 11.5. The molecule has 88 valence electrons. The Bertz CT molecular complexity index is 584. The number of halogens is 4. The predicted octanol–water partition coefficient (Wildman–Crippen LogP) is 3.01. The van der Waals surface area contributed by atoms with Crippen molar-refractivity contribution < 1.29 is 17.6 Å². The highest BCUT2D eigenvalue weighted by Crippen LogP contribution is 2.24. The highest BCUT2D eigenvalue weighted by molar-refractivity contribution is 5.59. The second-order valence-corrected chi connectivity index (χ2v) is 3.38. The number of hydrogen-bond acceptors (Lipinski definition) is 2. The van der Waals surface area contributed by atoms with E-state index in [9.17, 15) is 17.6 Å². The third-order valence-corrected chi connectivity index (χ3v) is 2.15. The average molecular weight is 242 g/mol. The summed E-state index contributed by atoms with van der Waals surface area (Å²) in [5, 5.41) is 0. The second kappa shape index (κ2) is 4.12. The minimum absolute atomic E-state index is 0.132. The van der Waals surface area contributed by atoms with Gasteiger partial charge in [-0.3, -0.25) is 4.98 Å². The third-order valence-electron chi connectivity index (χ3n) is 2.15. The molecule has 2 aromatic rings. The Morgan fingerprint density at radius 2 is 1.71 bits per heavy atom. The molecule has 0 amide bonds. The van der Waals surface area contributed by atoms with Crippen LogP contribution >= 0.6 is 0 Å². The van der Waals surface area contributed by atoms with Crippen LogP contribution in [0, 0.1) is 30.3 Å². The van der Waals surface area contributed by atoms with Crippen LogP contribution < -0.4 is 0 Å². The van der Waals surface area contributed by atoms with Crippen LogP contribution in [0.3, 0.4) is 0 Å². The average Bonchev–Trinajstić information content (AvgIpc) is 2.31. The molecule has 6 heteroatoms. The van der Waals surface area contributed by atoms with Crippen LogP contribution in [-0.4, -0.2) is 9.97 Å². The van der Waals surface area contributed by atoms with E-state index in [1.807, 2.05) is 0 Å². The van der Waals surface area contributed by atoms with Crippen molar-refractivity contribution in [1.29, 1.82) is 0 Å². The van der Waals surface area contributed by atoms with Crippen molar-refractivity contribution >= 4 is 0 Å². The molecular weight excluding hydrogens is 236 g/mol. The lowest BCUT2D eigenvalue weighted by Crippen LogP contribution is -2.03. The fourth-order valence-electron chi connectivity index (χ4n) is 1.37. The van der Waals surface area contributed by atoms with Gasteiger partial charge in [0.25, 0.3) is 5.95 Å². The lowest BCUT2D eigenvalue weighted by Gasteiger charge is -2.05. The van der Waals surface area contributed by atoms with Gasteiger partial charge in [0.05, 0.1) is 0 Å². The van der Waals surface area contributed by atoms with Gasteiger partial charge >= 0.3 is 0 Å². The molecule has 0 bridgehead atoms. The molecular formula is C11H6F4N2. The standard InChI is InChI=1S/C11H6F4N2/c1-5-4-6(2-3-16-5)10-8(13)7(12)9(14)11(15)17-10/h2-4H,1H3. The molecule has 2 nitrogen and oxygen atoms in total. The Morgan fingerprint density at radius 3 is 2.35 bits per heavy atom. The van der Waals surface area contributed by atoms with Gasteiger partial charge in [0.2, 0.25) is 11.6 Å². The van der Waals surface area contributed by atoms with Gasteiger partial charge in [0.1, 0.15) is 5.69 Å². The van der Waals surface area contributed by atoms with Gasteiger partial charge in [-0.15, -0.1) is 0 Å². The second-order valence-electron chi connectivity index (χ2n) is 3.38. The maximum atomic E-state index is 13.4. The summed E-state index contributed by atoms with van der Waals surface area (Å²) in [6.45, 7) is 1.62. The van der Waals surface area contributed by atoms with E-state index in [4.69, 9.17) is 0 Å². The third kappa shape index (κ3) is 1.98. The number of aryl methyl sites for hydroxylation is 1. The molecule has 2 heterocycles. The number of aromatic nitrogens is 2. The topological polar surface area (TPSA) is 25.8 Å². The zero-order valence-electron chi connectivity index (χ0n) is 8.64. The number of nitrogens with zero attached hydrogens (tertiary/aromatic N) is 2. The molecule has 0 atom stereocenters. The molecule has 2 rings (SSSR count). The largest absolute Gasteiger partial charge is 0.262 e. The molecule has 0 N–H and O–H groups in total. The van der Waals surface area contributed by atoms with E-state index in [0.717, 1.165) is 0 Å². The molecule has 0 aliphatic carbocycles. The zero-order chi connectivity index (χ0) is 12.6. The van der Waals surface area contributed by atoms with Crippen LogP contribution in [0.15, 0.2) is 18.3 Å². The molecule has 0 saturated heterocycles. The molecule has 0 unspecified atom stereocenters. The number of rotatable bonds is 1. The summed E-state index contributed by atoms with van der Waals surface area (Å²) in [6.07, 6.45) is 1.34. The van der Waals surface area contributed by atoms with Crippen LogP contribution in [0.2, 0.25) is 0 Å². The predicted molar refractivity (Wildman–Crippen MR) is 52.0 cm³/mol. The molecule has 2 aromatic heterocycles. The first-order chi connectivity index (χ1) is 8.00. The van der Waals surface area contributed by atoms with E-state index in [1.165, 1.54) is 18.3 Å². The molecule has 0 aromatic carbocycles. The van der Waals surface area contributed by atoms with E-state index < -0.39 is 29.1 Å². The van der Waals surface area contributed by atoms with Crippen molar-refractivity contribution in [3.05, 3.63) is 47.4 Å². The Labute approximate surface area is 94.0 Å². The van der Waals surface area contributed by atoms with Gasteiger partial charge in [-0.1, -0.05) is 0 Å². The number of hydrogen-bond donors (Lipinski definition) is 0. The number of pyridine rings is 2. The van der Waals surface area contributed by atoms with Crippen LogP contribution in [0.5, 0.6) is 0 Å². The van der Waals surface area contributed by atoms with Crippen LogP contribution in [0.1, 0.15) is 5.69 Å². The van der Waals surface area contributed by atoms with Crippen LogP contribution in [-0.2, 0) is 0 Å². The lowest BCUT2D eigenvalue weighted by atomic mass is 10.1. The molecule has 0 saturated carbocycles. The van der Waals surface area contributed by atoms with Gasteiger partial charge in [-0.05, 0) is 19.1 Å². The van der Waals surface area contributed by atoms with E-state index >= 15 is 0 Å². The zero-order valence-corrected chi connectivity index (χ0v) is 8.64. The Morgan fingerprint density at radius 1 is 1.00 bits per heavy atom. The molecule has 0 spiro atoms. The highest BCUT2D eigenvalue weighted by Gasteiger charge is 2.21. The quantitative estimate of drug-likeness (QED) is 0.567. The van der Waals surface area contributed by atoms with Crippen molar-refractivity contribution in [1.82, 2.24) is 9.97 Å². The summed E-state index contributed by atoms with van der Waals surface area (Å²) in [6, 6.07) is 2.72. The summed E-state index contributed by atoms with van der Waals surface area (Å²) in [5.74, 6) is -6.98. The summed E-state index contributed by atoms with van der Waals surface area (Å²) in [7, 11) is 0. The van der Waals surface area contributed by atoms with E-state index in [-0.39, 0.29) is 5.56 Å². The first-order valence-electron chi connectivity index (χ1n) is 4.63. The summed E-state index contributed by atoms with van der Waals surface area (Å²) in [4.78, 5) is 6.91. The monoisotopic (exact) mass is 242 g/mol. The molecule has 0 aliphatic heterocycles. The van der Waals surface area contributed by atoms with Crippen molar-refractivity contribution in [2.45, 2.75) is 6.92 Å². The normalized spacial score (nSPS) is 10.6. The Hall–Kier alpha value is -1.98.